The fourth-order valence-corrected chi connectivity index (χ4v) is 5.87. The van der Waals surface area contributed by atoms with Gasteiger partial charge in [0.15, 0.2) is 11.6 Å². The molecule has 1 atom stereocenters. The molecule has 0 unspecified atom stereocenters. The lowest BCUT2D eigenvalue weighted by molar-refractivity contribution is -0.125. The molecule has 4 rings (SSSR count). The molecule has 1 heterocycles. The first-order valence-corrected chi connectivity index (χ1v) is 14.3. The number of hydrogen-bond donors (Lipinski definition) is 0. The highest BCUT2D eigenvalue weighted by atomic mass is 31.2. The standard InChI is InChI=1S/C28H27F3NO3P/c1-17-8-9-18(23(29)14-17)15-20(33)16-19-12-13-32(28(19)34)24-11-10-22(26(30)27(24)31)21-6-4-5-7-25(21)36(2,3)35/h4-11,14,19H,12-13,15-16H2,1-3H3/t19-/m0/s1. The number of ketones is 1. The van der Waals surface area contributed by atoms with Crippen molar-refractivity contribution in [3.63, 3.8) is 0 Å². The number of hydrogen-bond acceptors (Lipinski definition) is 3. The lowest BCUT2D eigenvalue weighted by Crippen LogP contribution is -2.29. The second-order valence-corrected chi connectivity index (χ2v) is 12.8. The Bertz CT molecular complexity index is 1400. The van der Waals surface area contributed by atoms with Crippen molar-refractivity contribution in [2.75, 3.05) is 24.8 Å². The molecule has 8 heteroatoms. The van der Waals surface area contributed by atoms with Crippen LogP contribution >= 0.6 is 7.14 Å². The molecular weight excluding hydrogens is 486 g/mol. The first-order valence-electron chi connectivity index (χ1n) is 11.7. The lowest BCUT2D eigenvalue weighted by atomic mass is 9.96. The quantitative estimate of drug-likeness (QED) is 0.371. The van der Waals surface area contributed by atoms with Crippen molar-refractivity contribution >= 4 is 29.8 Å². The molecule has 188 valence electrons. The average Bonchev–Trinajstić information content (AvgIpc) is 3.16. The Hall–Kier alpha value is -3.18. The van der Waals surface area contributed by atoms with E-state index in [0.717, 1.165) is 10.5 Å². The van der Waals surface area contributed by atoms with Gasteiger partial charge in [-0.05, 0) is 61.6 Å². The molecule has 0 aliphatic carbocycles. The van der Waals surface area contributed by atoms with Crippen LogP contribution in [0.5, 0.6) is 0 Å². The first kappa shape index (κ1) is 25.9. The molecule has 1 saturated heterocycles. The van der Waals surface area contributed by atoms with Gasteiger partial charge in [-0.3, -0.25) is 9.59 Å². The van der Waals surface area contributed by atoms with Crippen LogP contribution in [-0.2, 0) is 20.6 Å². The minimum Gasteiger partial charge on any atom is -0.319 e. The second kappa shape index (κ2) is 10.1. The van der Waals surface area contributed by atoms with Gasteiger partial charge < -0.3 is 9.46 Å². The van der Waals surface area contributed by atoms with Crippen molar-refractivity contribution in [2.24, 2.45) is 5.92 Å². The zero-order valence-electron chi connectivity index (χ0n) is 20.4. The molecule has 0 spiro atoms. The summed E-state index contributed by atoms with van der Waals surface area (Å²) in [4.78, 5) is 26.7. The molecule has 0 N–H and O–H groups in total. The van der Waals surface area contributed by atoms with E-state index in [9.17, 15) is 18.5 Å². The van der Waals surface area contributed by atoms with Gasteiger partial charge >= 0.3 is 0 Å². The highest BCUT2D eigenvalue weighted by molar-refractivity contribution is 7.70. The topological polar surface area (TPSA) is 54.5 Å². The van der Waals surface area contributed by atoms with Gasteiger partial charge in [-0.15, -0.1) is 0 Å². The third kappa shape index (κ3) is 5.17. The van der Waals surface area contributed by atoms with Crippen LogP contribution in [-0.4, -0.2) is 31.6 Å². The molecule has 1 aliphatic heterocycles. The zero-order chi connectivity index (χ0) is 26.2. The maximum atomic E-state index is 15.2. The fraction of sp³-hybridized carbons (Fsp3) is 0.286. The minimum absolute atomic E-state index is 0.0331. The van der Waals surface area contributed by atoms with Crippen LogP contribution in [0.4, 0.5) is 18.9 Å². The largest absolute Gasteiger partial charge is 0.319 e. The maximum Gasteiger partial charge on any atom is 0.230 e. The highest BCUT2D eigenvalue weighted by Crippen LogP contribution is 2.41. The summed E-state index contributed by atoms with van der Waals surface area (Å²) >= 11 is 0. The predicted molar refractivity (Wildman–Crippen MR) is 136 cm³/mol. The van der Waals surface area contributed by atoms with Gasteiger partial charge in [0.2, 0.25) is 5.91 Å². The maximum absolute atomic E-state index is 15.2. The summed E-state index contributed by atoms with van der Waals surface area (Å²) in [5.74, 6) is -4.21. The Morgan fingerprint density at radius 1 is 1.00 bits per heavy atom. The summed E-state index contributed by atoms with van der Waals surface area (Å²) in [7, 11) is -2.76. The van der Waals surface area contributed by atoms with E-state index in [-0.39, 0.29) is 42.0 Å². The van der Waals surface area contributed by atoms with E-state index < -0.39 is 36.4 Å². The van der Waals surface area contributed by atoms with E-state index in [0.29, 0.717) is 17.3 Å². The number of carbonyl (C=O) groups is 2. The molecule has 0 bridgehead atoms. The van der Waals surface area contributed by atoms with Crippen LogP contribution in [0.25, 0.3) is 11.1 Å². The molecule has 4 nitrogen and oxygen atoms in total. The molecule has 3 aromatic rings. The molecule has 1 aliphatic rings. The third-order valence-electron chi connectivity index (χ3n) is 6.51. The lowest BCUT2D eigenvalue weighted by Gasteiger charge is -2.20. The van der Waals surface area contributed by atoms with Crippen molar-refractivity contribution in [3.8, 4) is 11.1 Å². The van der Waals surface area contributed by atoms with Crippen LogP contribution in [0.3, 0.4) is 0 Å². The number of nitrogens with zero attached hydrogens (tertiary/aromatic N) is 1. The van der Waals surface area contributed by atoms with Crippen molar-refractivity contribution in [1.29, 1.82) is 0 Å². The van der Waals surface area contributed by atoms with E-state index >= 15 is 8.78 Å². The van der Waals surface area contributed by atoms with Crippen LogP contribution in [0.2, 0.25) is 0 Å². The number of rotatable bonds is 7. The van der Waals surface area contributed by atoms with E-state index in [1.807, 2.05) is 0 Å². The Labute approximate surface area is 208 Å². The molecule has 3 aromatic carbocycles. The van der Waals surface area contributed by atoms with Crippen LogP contribution in [0, 0.1) is 30.3 Å². The predicted octanol–water partition coefficient (Wildman–Crippen LogP) is 5.88. The SMILES string of the molecule is Cc1ccc(CC(=O)C[C@@H]2CCN(c3ccc(-c4ccccc4P(C)(C)=O)c(F)c3F)C2=O)c(F)c1. The normalized spacial score (nSPS) is 16.0. The van der Waals surface area contributed by atoms with Gasteiger partial charge in [0.1, 0.15) is 18.7 Å². The van der Waals surface area contributed by atoms with Gasteiger partial charge in [0, 0.05) is 36.2 Å². The summed E-state index contributed by atoms with van der Waals surface area (Å²) in [6.45, 7) is 5.01. The van der Waals surface area contributed by atoms with Crippen molar-refractivity contribution in [3.05, 3.63) is 83.2 Å². The zero-order valence-corrected chi connectivity index (χ0v) is 21.2. The molecule has 0 aromatic heterocycles. The fourth-order valence-electron chi connectivity index (χ4n) is 4.65. The third-order valence-corrected chi connectivity index (χ3v) is 8.06. The van der Waals surface area contributed by atoms with Gasteiger partial charge in [-0.1, -0.05) is 36.4 Å². The van der Waals surface area contributed by atoms with E-state index in [4.69, 9.17) is 0 Å². The van der Waals surface area contributed by atoms with Crippen molar-refractivity contribution in [2.45, 2.75) is 26.2 Å². The number of carbonyl (C=O) groups excluding carboxylic acids is 2. The summed E-state index contributed by atoms with van der Waals surface area (Å²) in [6.07, 6.45) is 0.0770. The molecule has 0 radical (unpaired) electrons. The Kier molecular flexibility index (Phi) is 7.24. The van der Waals surface area contributed by atoms with Gasteiger partial charge in [-0.2, -0.15) is 0 Å². The van der Waals surface area contributed by atoms with E-state index in [1.54, 1.807) is 56.7 Å². The number of anilines is 1. The number of halogens is 3. The van der Waals surface area contributed by atoms with Gasteiger partial charge in [0.05, 0.1) is 5.69 Å². The summed E-state index contributed by atoms with van der Waals surface area (Å²) < 4.78 is 57.2. The number of amides is 1. The van der Waals surface area contributed by atoms with Gasteiger partial charge in [-0.25, -0.2) is 13.2 Å². The summed E-state index contributed by atoms with van der Waals surface area (Å²) in [5.41, 5.74) is 1.12. The Balaban J connectivity index is 1.53. The Morgan fingerprint density at radius 3 is 2.42 bits per heavy atom. The van der Waals surface area contributed by atoms with Gasteiger partial charge in [0.25, 0.3) is 0 Å². The Morgan fingerprint density at radius 2 is 1.72 bits per heavy atom. The number of Topliss-reactive ketones (excluding diaryl/α,β-unsaturated/α-hetero) is 1. The summed E-state index contributed by atoms with van der Waals surface area (Å²) in [6, 6.07) is 13.9. The number of aryl methyl sites for hydroxylation is 1. The second-order valence-electron chi connectivity index (χ2n) is 9.62. The monoisotopic (exact) mass is 513 g/mol. The number of benzene rings is 3. The first-order chi connectivity index (χ1) is 17.0. The van der Waals surface area contributed by atoms with Crippen molar-refractivity contribution in [1.82, 2.24) is 0 Å². The average molecular weight is 513 g/mol. The molecule has 36 heavy (non-hydrogen) atoms. The van der Waals surface area contributed by atoms with E-state index in [1.165, 1.54) is 18.2 Å². The molecule has 1 fully saturated rings. The van der Waals surface area contributed by atoms with Crippen LogP contribution in [0.1, 0.15) is 24.0 Å². The highest BCUT2D eigenvalue weighted by Gasteiger charge is 2.36. The molecular formula is C28H27F3NO3P. The minimum atomic E-state index is -2.76. The molecule has 1 amide bonds. The van der Waals surface area contributed by atoms with Crippen LogP contribution < -0.4 is 10.2 Å². The molecule has 0 saturated carbocycles. The smallest absolute Gasteiger partial charge is 0.230 e. The van der Waals surface area contributed by atoms with Crippen LogP contribution in [0.15, 0.2) is 54.6 Å². The summed E-state index contributed by atoms with van der Waals surface area (Å²) in [5, 5.41) is 0.442. The van der Waals surface area contributed by atoms with Crippen molar-refractivity contribution < 1.29 is 27.3 Å². The van der Waals surface area contributed by atoms with E-state index in [2.05, 4.69) is 0 Å².